The zero-order chi connectivity index (χ0) is 19.3. The van der Waals surface area contributed by atoms with Crippen LogP contribution >= 0.6 is 0 Å². The minimum absolute atomic E-state index is 0.0995. The monoisotopic (exact) mass is 375 g/mol. The van der Waals surface area contributed by atoms with Crippen molar-refractivity contribution in [3.05, 3.63) is 54.1 Å². The lowest BCUT2D eigenvalue weighted by molar-refractivity contribution is -0.114. The lowest BCUT2D eigenvalue weighted by atomic mass is 10.2. The molecule has 7 nitrogen and oxygen atoms in total. The van der Waals surface area contributed by atoms with Crippen LogP contribution in [0.25, 0.3) is 0 Å². The van der Waals surface area contributed by atoms with E-state index in [1.807, 2.05) is 0 Å². The SMILES string of the molecule is CC(=O)Nc1ccc(NC(=O)c2ccc(S(=O)(=O)NC(C)C)cc2)cc1. The Labute approximate surface area is 152 Å². The Kier molecular flexibility index (Phi) is 6.12. The number of sulfonamides is 1. The van der Waals surface area contributed by atoms with Crippen LogP contribution in [-0.2, 0) is 14.8 Å². The van der Waals surface area contributed by atoms with Crippen LogP contribution in [0, 0.1) is 0 Å². The largest absolute Gasteiger partial charge is 0.326 e. The normalized spacial score (nSPS) is 11.2. The Hall–Kier alpha value is -2.71. The molecular weight excluding hydrogens is 354 g/mol. The molecule has 26 heavy (non-hydrogen) atoms. The van der Waals surface area contributed by atoms with Crippen molar-refractivity contribution < 1.29 is 18.0 Å². The highest BCUT2D eigenvalue weighted by molar-refractivity contribution is 7.89. The molecule has 2 rings (SSSR count). The second-order valence-corrected chi connectivity index (χ2v) is 7.73. The summed E-state index contributed by atoms with van der Waals surface area (Å²) < 4.78 is 26.6. The topological polar surface area (TPSA) is 104 Å². The number of anilines is 2. The number of hydrogen-bond donors (Lipinski definition) is 3. The van der Waals surface area contributed by atoms with Crippen molar-refractivity contribution >= 4 is 33.2 Å². The van der Waals surface area contributed by atoms with Gasteiger partial charge in [-0.25, -0.2) is 13.1 Å². The fraction of sp³-hybridized carbons (Fsp3) is 0.222. The minimum atomic E-state index is -3.59. The number of benzene rings is 2. The predicted molar refractivity (Wildman–Crippen MR) is 101 cm³/mol. The summed E-state index contributed by atoms with van der Waals surface area (Å²) in [6.07, 6.45) is 0. The molecule has 0 fully saturated rings. The van der Waals surface area contributed by atoms with Gasteiger partial charge >= 0.3 is 0 Å². The highest BCUT2D eigenvalue weighted by atomic mass is 32.2. The maximum absolute atomic E-state index is 12.3. The Balaban J connectivity index is 2.07. The molecule has 0 aliphatic carbocycles. The molecular formula is C18H21N3O4S. The van der Waals surface area contributed by atoms with Gasteiger partial charge in [-0.1, -0.05) is 0 Å². The van der Waals surface area contributed by atoms with Crippen molar-refractivity contribution in [2.75, 3.05) is 10.6 Å². The van der Waals surface area contributed by atoms with Gasteiger partial charge in [0.15, 0.2) is 0 Å². The number of carbonyl (C=O) groups is 2. The summed E-state index contributed by atoms with van der Waals surface area (Å²) in [5.74, 6) is -0.540. The second kappa shape index (κ2) is 8.11. The average Bonchev–Trinajstić information content (AvgIpc) is 2.55. The third kappa shape index (κ3) is 5.40. The molecule has 0 saturated heterocycles. The van der Waals surface area contributed by atoms with Crippen molar-refractivity contribution in [3.8, 4) is 0 Å². The van der Waals surface area contributed by atoms with Gasteiger partial charge in [0.1, 0.15) is 0 Å². The molecule has 2 amide bonds. The first-order chi connectivity index (χ1) is 12.2. The summed E-state index contributed by atoms with van der Waals surface area (Å²) in [4.78, 5) is 23.4. The van der Waals surface area contributed by atoms with Gasteiger partial charge in [-0.3, -0.25) is 9.59 Å². The summed E-state index contributed by atoms with van der Waals surface area (Å²) in [5, 5.41) is 5.35. The molecule has 0 spiro atoms. The molecule has 0 aliphatic rings. The molecule has 2 aromatic rings. The van der Waals surface area contributed by atoms with Gasteiger partial charge in [0.2, 0.25) is 15.9 Å². The first-order valence-electron chi connectivity index (χ1n) is 7.99. The second-order valence-electron chi connectivity index (χ2n) is 6.01. The van der Waals surface area contributed by atoms with Crippen LogP contribution in [0.5, 0.6) is 0 Å². The molecule has 3 N–H and O–H groups in total. The van der Waals surface area contributed by atoms with Crippen LogP contribution < -0.4 is 15.4 Å². The van der Waals surface area contributed by atoms with Crippen LogP contribution in [0.1, 0.15) is 31.1 Å². The van der Waals surface area contributed by atoms with E-state index in [2.05, 4.69) is 15.4 Å². The standard InChI is InChI=1S/C18H21N3O4S/c1-12(2)21-26(24,25)17-10-4-14(5-11-17)18(23)20-16-8-6-15(7-9-16)19-13(3)22/h4-12,21H,1-3H3,(H,19,22)(H,20,23). The van der Waals surface area contributed by atoms with E-state index in [9.17, 15) is 18.0 Å². The summed E-state index contributed by atoms with van der Waals surface area (Å²) >= 11 is 0. The minimum Gasteiger partial charge on any atom is -0.326 e. The van der Waals surface area contributed by atoms with Gasteiger partial charge in [-0.2, -0.15) is 0 Å². The lowest BCUT2D eigenvalue weighted by Gasteiger charge is -2.10. The third-order valence-electron chi connectivity index (χ3n) is 3.28. The number of carbonyl (C=O) groups excluding carboxylic acids is 2. The predicted octanol–water partition coefficient (Wildman–Crippen LogP) is 2.58. The Bertz CT molecular complexity index is 889. The van der Waals surface area contributed by atoms with E-state index in [0.29, 0.717) is 16.9 Å². The molecule has 0 radical (unpaired) electrons. The van der Waals surface area contributed by atoms with E-state index in [4.69, 9.17) is 0 Å². The van der Waals surface area contributed by atoms with Crippen LogP contribution in [0.3, 0.4) is 0 Å². The van der Waals surface area contributed by atoms with Gasteiger partial charge in [0.05, 0.1) is 4.90 Å². The molecule has 0 heterocycles. The van der Waals surface area contributed by atoms with E-state index < -0.39 is 10.0 Å². The zero-order valence-electron chi connectivity index (χ0n) is 14.7. The molecule has 0 saturated carbocycles. The zero-order valence-corrected chi connectivity index (χ0v) is 15.6. The summed E-state index contributed by atoms with van der Waals surface area (Å²) in [6, 6.07) is 12.1. The van der Waals surface area contributed by atoms with Gasteiger partial charge in [-0.05, 0) is 62.4 Å². The number of rotatable bonds is 6. The van der Waals surface area contributed by atoms with Crippen molar-refractivity contribution in [2.45, 2.75) is 31.7 Å². The van der Waals surface area contributed by atoms with Crippen LogP contribution in [-0.4, -0.2) is 26.3 Å². The molecule has 0 unspecified atom stereocenters. The molecule has 8 heteroatoms. The fourth-order valence-corrected chi connectivity index (χ4v) is 3.46. The Morgan fingerprint density at radius 2 is 1.35 bits per heavy atom. The highest BCUT2D eigenvalue weighted by Crippen LogP contribution is 2.16. The van der Waals surface area contributed by atoms with Gasteiger partial charge in [0, 0.05) is 29.9 Å². The van der Waals surface area contributed by atoms with Crippen molar-refractivity contribution in [2.24, 2.45) is 0 Å². The average molecular weight is 375 g/mol. The lowest BCUT2D eigenvalue weighted by Crippen LogP contribution is -2.30. The summed E-state index contributed by atoms with van der Waals surface area (Å²) in [5.41, 5.74) is 1.52. The summed E-state index contributed by atoms with van der Waals surface area (Å²) in [7, 11) is -3.59. The van der Waals surface area contributed by atoms with E-state index >= 15 is 0 Å². The highest BCUT2D eigenvalue weighted by Gasteiger charge is 2.16. The van der Waals surface area contributed by atoms with E-state index in [1.165, 1.54) is 31.2 Å². The van der Waals surface area contributed by atoms with E-state index in [1.54, 1.807) is 38.1 Å². The molecule has 0 bridgehead atoms. The van der Waals surface area contributed by atoms with Crippen molar-refractivity contribution in [1.29, 1.82) is 0 Å². The van der Waals surface area contributed by atoms with E-state index in [-0.39, 0.29) is 22.8 Å². The molecule has 138 valence electrons. The van der Waals surface area contributed by atoms with Crippen LogP contribution in [0.4, 0.5) is 11.4 Å². The maximum atomic E-state index is 12.3. The van der Waals surface area contributed by atoms with Gasteiger partial charge < -0.3 is 10.6 Å². The van der Waals surface area contributed by atoms with Crippen LogP contribution in [0.15, 0.2) is 53.4 Å². The van der Waals surface area contributed by atoms with Crippen molar-refractivity contribution in [3.63, 3.8) is 0 Å². The third-order valence-corrected chi connectivity index (χ3v) is 4.96. The number of hydrogen-bond acceptors (Lipinski definition) is 4. The number of amides is 2. The van der Waals surface area contributed by atoms with Gasteiger partial charge in [-0.15, -0.1) is 0 Å². The summed E-state index contributed by atoms with van der Waals surface area (Å²) in [6.45, 7) is 4.88. The molecule has 0 aromatic heterocycles. The first-order valence-corrected chi connectivity index (χ1v) is 9.47. The van der Waals surface area contributed by atoms with Gasteiger partial charge in [0.25, 0.3) is 5.91 Å². The maximum Gasteiger partial charge on any atom is 0.255 e. The Morgan fingerprint density at radius 1 is 0.846 bits per heavy atom. The molecule has 0 aliphatic heterocycles. The fourth-order valence-electron chi connectivity index (χ4n) is 2.21. The van der Waals surface area contributed by atoms with Crippen LogP contribution in [0.2, 0.25) is 0 Å². The molecule has 0 atom stereocenters. The Morgan fingerprint density at radius 3 is 1.81 bits per heavy atom. The quantitative estimate of drug-likeness (QED) is 0.722. The van der Waals surface area contributed by atoms with E-state index in [0.717, 1.165) is 0 Å². The first kappa shape index (κ1) is 19.6. The smallest absolute Gasteiger partial charge is 0.255 e. The number of nitrogens with one attached hydrogen (secondary N) is 3. The molecule has 2 aromatic carbocycles. The van der Waals surface area contributed by atoms with Crippen molar-refractivity contribution in [1.82, 2.24) is 4.72 Å².